The van der Waals surface area contributed by atoms with E-state index in [0.717, 1.165) is 42.8 Å². The number of hydrogen-bond donors (Lipinski definition) is 2. The molecule has 1 atom stereocenters. The van der Waals surface area contributed by atoms with Crippen LogP contribution < -0.4 is 5.32 Å². The van der Waals surface area contributed by atoms with Crippen molar-refractivity contribution < 1.29 is 5.11 Å². The molecular weight excluding hydrogens is 222 g/mol. The molecule has 2 nitrogen and oxygen atoms in total. The molecule has 0 amide bonds. The predicted octanol–water partition coefficient (Wildman–Crippen LogP) is 2.47. The smallest absolute Gasteiger partial charge is 0.0911 e. The molecule has 0 aliphatic heterocycles. The molecule has 0 fully saturated rings. The Labute approximate surface area is 102 Å². The Hall–Kier alpha value is -0.570. The molecule has 2 rings (SSSR count). The predicted molar refractivity (Wildman–Crippen MR) is 66.8 cm³/mol. The molecule has 0 aromatic heterocycles. The first-order chi connectivity index (χ1) is 7.65. The van der Waals surface area contributed by atoms with Crippen molar-refractivity contribution in [2.24, 2.45) is 0 Å². The second-order valence-corrected chi connectivity index (χ2v) is 4.98. The third kappa shape index (κ3) is 2.24. The van der Waals surface area contributed by atoms with E-state index in [9.17, 15) is 5.11 Å². The first-order valence-corrected chi connectivity index (χ1v) is 6.19. The topological polar surface area (TPSA) is 32.3 Å². The Morgan fingerprint density at radius 1 is 1.50 bits per heavy atom. The molecule has 1 aromatic rings. The fraction of sp³-hybridized carbons (Fsp3) is 0.538. The highest BCUT2D eigenvalue weighted by Gasteiger charge is 2.33. The van der Waals surface area contributed by atoms with Crippen LogP contribution in [0.4, 0.5) is 0 Å². The molecule has 0 heterocycles. The van der Waals surface area contributed by atoms with E-state index in [4.69, 9.17) is 11.6 Å². The third-order valence-corrected chi connectivity index (χ3v) is 3.63. The number of halogens is 1. The normalized spacial score (nSPS) is 24.2. The summed E-state index contributed by atoms with van der Waals surface area (Å²) in [5, 5.41) is 14.5. The van der Waals surface area contributed by atoms with Crippen molar-refractivity contribution in [1.82, 2.24) is 5.32 Å². The summed E-state index contributed by atoms with van der Waals surface area (Å²) in [6, 6.07) is 5.84. The fourth-order valence-electron chi connectivity index (χ4n) is 2.52. The van der Waals surface area contributed by atoms with Crippen molar-refractivity contribution in [2.45, 2.75) is 31.3 Å². The van der Waals surface area contributed by atoms with Gasteiger partial charge in [0.05, 0.1) is 5.60 Å². The van der Waals surface area contributed by atoms with Crippen molar-refractivity contribution in [3.05, 3.63) is 34.3 Å². The molecule has 1 aliphatic rings. The van der Waals surface area contributed by atoms with E-state index >= 15 is 0 Å². The van der Waals surface area contributed by atoms with Gasteiger partial charge in [-0.2, -0.15) is 0 Å². The van der Waals surface area contributed by atoms with Crippen LogP contribution >= 0.6 is 11.6 Å². The minimum Gasteiger partial charge on any atom is -0.385 e. The average Bonchev–Trinajstić information content (AvgIpc) is 2.26. The monoisotopic (exact) mass is 239 g/mol. The zero-order valence-electron chi connectivity index (χ0n) is 9.59. The zero-order chi connectivity index (χ0) is 11.6. The van der Waals surface area contributed by atoms with Crippen molar-refractivity contribution in [3.8, 4) is 0 Å². The van der Waals surface area contributed by atoms with Gasteiger partial charge in [0.25, 0.3) is 0 Å². The first kappa shape index (κ1) is 11.9. The Balaban J connectivity index is 2.31. The van der Waals surface area contributed by atoms with Gasteiger partial charge in [-0.05, 0) is 62.5 Å². The van der Waals surface area contributed by atoms with Gasteiger partial charge in [0.2, 0.25) is 0 Å². The molecule has 0 saturated heterocycles. The molecule has 1 aliphatic carbocycles. The minimum absolute atomic E-state index is 0.665. The number of aryl methyl sites for hydroxylation is 1. The van der Waals surface area contributed by atoms with Crippen molar-refractivity contribution >= 4 is 11.6 Å². The number of benzene rings is 1. The lowest BCUT2D eigenvalue weighted by Crippen LogP contribution is -2.33. The van der Waals surface area contributed by atoms with Crippen molar-refractivity contribution in [3.63, 3.8) is 0 Å². The summed E-state index contributed by atoms with van der Waals surface area (Å²) in [5.74, 6) is 0. The van der Waals surface area contributed by atoms with Gasteiger partial charge in [-0.15, -0.1) is 0 Å². The van der Waals surface area contributed by atoms with Crippen LogP contribution in [-0.2, 0) is 12.0 Å². The third-order valence-electron chi connectivity index (χ3n) is 3.39. The Morgan fingerprint density at radius 2 is 2.31 bits per heavy atom. The standard InChI is InChI=1S/C13H18ClNO/c1-15-8-7-13(16)6-2-3-10-9-11(14)4-5-12(10)13/h4-5,9,15-16H,2-3,6-8H2,1H3. The van der Waals surface area contributed by atoms with E-state index in [-0.39, 0.29) is 0 Å². The Kier molecular flexibility index (Phi) is 3.53. The van der Waals surface area contributed by atoms with Gasteiger partial charge in [0, 0.05) is 5.02 Å². The van der Waals surface area contributed by atoms with Gasteiger partial charge >= 0.3 is 0 Å². The van der Waals surface area contributed by atoms with E-state index in [0.29, 0.717) is 0 Å². The van der Waals surface area contributed by atoms with Gasteiger partial charge in [-0.3, -0.25) is 0 Å². The van der Waals surface area contributed by atoms with Gasteiger partial charge in [-0.25, -0.2) is 0 Å². The number of hydrogen-bond acceptors (Lipinski definition) is 2. The summed E-state index contributed by atoms with van der Waals surface area (Å²) in [6.07, 6.45) is 3.67. The van der Waals surface area contributed by atoms with E-state index in [2.05, 4.69) is 5.32 Å². The number of nitrogens with one attached hydrogen (secondary N) is 1. The van der Waals surface area contributed by atoms with Gasteiger partial charge in [0.15, 0.2) is 0 Å². The van der Waals surface area contributed by atoms with Crippen molar-refractivity contribution in [1.29, 1.82) is 0 Å². The van der Waals surface area contributed by atoms with Crippen LogP contribution in [0.15, 0.2) is 18.2 Å². The molecule has 0 spiro atoms. The maximum atomic E-state index is 10.7. The highest BCUT2D eigenvalue weighted by molar-refractivity contribution is 6.30. The van der Waals surface area contributed by atoms with E-state index in [1.165, 1.54) is 5.56 Å². The quantitative estimate of drug-likeness (QED) is 0.850. The largest absolute Gasteiger partial charge is 0.385 e. The molecule has 0 radical (unpaired) electrons. The van der Waals surface area contributed by atoms with Crippen LogP contribution in [0.1, 0.15) is 30.4 Å². The zero-order valence-corrected chi connectivity index (χ0v) is 10.3. The van der Waals surface area contributed by atoms with Gasteiger partial charge in [-0.1, -0.05) is 17.7 Å². The molecule has 16 heavy (non-hydrogen) atoms. The van der Waals surface area contributed by atoms with Crippen LogP contribution in [0.2, 0.25) is 5.02 Å². The van der Waals surface area contributed by atoms with Crippen molar-refractivity contribution in [2.75, 3.05) is 13.6 Å². The lowest BCUT2D eigenvalue weighted by atomic mass is 9.77. The summed E-state index contributed by atoms with van der Waals surface area (Å²) in [6.45, 7) is 0.832. The highest BCUT2D eigenvalue weighted by atomic mass is 35.5. The van der Waals surface area contributed by atoms with Crippen LogP contribution in [-0.4, -0.2) is 18.7 Å². The van der Waals surface area contributed by atoms with E-state index in [1.54, 1.807) is 0 Å². The molecule has 1 unspecified atom stereocenters. The highest BCUT2D eigenvalue weighted by Crippen LogP contribution is 2.38. The summed E-state index contributed by atoms with van der Waals surface area (Å²) < 4.78 is 0. The van der Waals surface area contributed by atoms with E-state index in [1.807, 2.05) is 25.2 Å². The number of fused-ring (bicyclic) bond motifs is 1. The average molecular weight is 240 g/mol. The van der Waals surface area contributed by atoms with E-state index < -0.39 is 5.60 Å². The van der Waals surface area contributed by atoms with Crippen LogP contribution in [0.5, 0.6) is 0 Å². The minimum atomic E-state index is -0.665. The molecule has 2 N–H and O–H groups in total. The molecule has 1 aromatic carbocycles. The molecule has 88 valence electrons. The second kappa shape index (κ2) is 4.74. The first-order valence-electron chi connectivity index (χ1n) is 5.81. The molecular formula is C13H18ClNO. The van der Waals surface area contributed by atoms with Crippen LogP contribution in [0, 0.1) is 0 Å². The second-order valence-electron chi connectivity index (χ2n) is 4.54. The summed E-state index contributed by atoms with van der Waals surface area (Å²) in [4.78, 5) is 0. The number of aliphatic hydroxyl groups is 1. The van der Waals surface area contributed by atoms with Gasteiger partial charge < -0.3 is 10.4 Å². The number of rotatable bonds is 3. The Morgan fingerprint density at radius 3 is 3.06 bits per heavy atom. The summed E-state index contributed by atoms with van der Waals surface area (Å²) >= 11 is 5.98. The molecule has 3 heteroatoms. The fourth-order valence-corrected chi connectivity index (χ4v) is 2.72. The maximum Gasteiger partial charge on any atom is 0.0911 e. The van der Waals surface area contributed by atoms with Crippen LogP contribution in [0.25, 0.3) is 0 Å². The lowest BCUT2D eigenvalue weighted by Gasteiger charge is -2.34. The molecule has 0 bridgehead atoms. The SMILES string of the molecule is CNCCC1(O)CCCc2cc(Cl)ccc21. The van der Waals surface area contributed by atoms with Gasteiger partial charge in [0.1, 0.15) is 0 Å². The lowest BCUT2D eigenvalue weighted by molar-refractivity contribution is 0.0109. The molecule has 0 saturated carbocycles. The summed E-state index contributed by atoms with van der Waals surface area (Å²) in [7, 11) is 1.91. The summed E-state index contributed by atoms with van der Waals surface area (Å²) in [5.41, 5.74) is 1.61. The Bertz CT molecular complexity index is 380. The van der Waals surface area contributed by atoms with Crippen LogP contribution in [0.3, 0.4) is 0 Å². The maximum absolute atomic E-state index is 10.7.